The number of hydrogen-bond acceptors (Lipinski definition) is 3. The second kappa shape index (κ2) is 18.1. The van der Waals surface area contributed by atoms with Crippen LogP contribution in [0.2, 0.25) is 0 Å². The van der Waals surface area contributed by atoms with Gasteiger partial charge in [-0.2, -0.15) is 56.2 Å². The first-order chi connectivity index (χ1) is 28.9. The molecule has 5 heterocycles. The zero-order chi connectivity index (χ0) is 43.4. The fourth-order valence-electron chi connectivity index (χ4n) is 7.22. The minimum absolute atomic E-state index is 0. The van der Waals surface area contributed by atoms with Crippen LogP contribution in [0, 0.1) is 30.7 Å². The third-order valence-electron chi connectivity index (χ3n) is 9.98. The fraction of sp³-hybridized carbons (Fsp3) is 0.109. The van der Waals surface area contributed by atoms with Crippen molar-refractivity contribution in [3.63, 3.8) is 0 Å². The van der Waals surface area contributed by atoms with Gasteiger partial charge in [0.25, 0.3) is 0 Å². The molecule has 0 saturated carbocycles. The Kier molecular flexibility index (Phi) is 13.6. The van der Waals surface area contributed by atoms with Crippen LogP contribution in [0.1, 0.15) is 27.8 Å². The molecule has 3 nitrogen and oxygen atoms in total. The summed E-state index contributed by atoms with van der Waals surface area (Å²) in [6.07, 6.45) is -10.4. The molecule has 0 fully saturated rings. The number of rotatable bonds is 2. The topological polar surface area (TPSA) is 29.7 Å². The van der Waals surface area contributed by atoms with Crippen molar-refractivity contribution in [2.24, 2.45) is 0 Å². The van der Waals surface area contributed by atoms with Crippen LogP contribution in [-0.4, -0.2) is 9.97 Å². The first kappa shape index (κ1) is 47.3. The van der Waals surface area contributed by atoms with Crippen molar-refractivity contribution < 1.29 is 93.1 Å². The molecule has 326 valence electrons. The standard InChI is InChI=1S/C23H13F3N.C13H7F5N.C10H5F3NS.2Ir/c24-23(25,26)16-7-9-20-18-10-15-5-4-13-2-1-3-14-6-8-17(22(15)21(13)14)19(18)12-27(20)11-16;1-7-4-5-19-10(6-7)8-2-3-9(14)11(12(8)15)13(16,17)18;11-10(12,13)7-3-4-8(14-6-7)9-2-1-5-15-9;;/h1-11H,12H2;3-6H,1H3;1,3-6H;;/q+1;2*-1;;. The zero-order valence-electron chi connectivity index (χ0n) is 31.8. The Balaban J connectivity index is 0.000000163. The Morgan fingerprint density at radius 3 is 1.98 bits per heavy atom. The monoisotopic (exact) mass is 1250 g/mol. The Morgan fingerprint density at radius 1 is 0.683 bits per heavy atom. The predicted molar refractivity (Wildman–Crippen MR) is 209 cm³/mol. The molecule has 0 spiro atoms. The number of hydrogen-bond donors (Lipinski definition) is 0. The quantitative estimate of drug-likeness (QED) is 0.0747. The number of fused-ring (bicyclic) bond motifs is 4. The number of alkyl halides is 9. The first-order valence-corrected chi connectivity index (χ1v) is 19.0. The van der Waals surface area contributed by atoms with Crippen molar-refractivity contribution >= 4 is 43.7 Å². The van der Waals surface area contributed by atoms with Gasteiger partial charge in [-0.1, -0.05) is 76.7 Å². The number of nitrogens with zero attached hydrogens (tertiary/aromatic N) is 3. The number of halogens is 11. The van der Waals surface area contributed by atoms with Crippen molar-refractivity contribution in [3.8, 4) is 33.1 Å². The van der Waals surface area contributed by atoms with E-state index < -0.39 is 52.4 Å². The molecule has 5 aromatic carbocycles. The van der Waals surface area contributed by atoms with E-state index in [2.05, 4.69) is 70.6 Å². The predicted octanol–water partition coefficient (Wildman–Crippen LogP) is 13.7. The number of pyridine rings is 3. The molecule has 2 radical (unpaired) electrons. The second-order valence-corrected chi connectivity index (χ2v) is 14.8. The molecular weight excluding hydrogens is 1220 g/mol. The van der Waals surface area contributed by atoms with E-state index in [1.165, 1.54) is 63.5 Å². The van der Waals surface area contributed by atoms with Crippen LogP contribution in [0.15, 0.2) is 121 Å². The van der Waals surface area contributed by atoms with Gasteiger partial charge in [-0.3, -0.25) is 8.78 Å². The Hall–Kier alpha value is -5.18. The van der Waals surface area contributed by atoms with Crippen molar-refractivity contribution in [1.82, 2.24) is 9.97 Å². The average Bonchev–Trinajstić information content (AvgIpc) is 3.88. The van der Waals surface area contributed by atoms with Gasteiger partial charge >= 0.3 is 18.5 Å². The molecule has 1 aliphatic heterocycles. The van der Waals surface area contributed by atoms with E-state index in [-0.39, 0.29) is 45.9 Å². The Morgan fingerprint density at radius 2 is 1.37 bits per heavy atom. The molecule has 4 aromatic heterocycles. The SMILES string of the molecule is Cc1ccnc(-c2[c-]cc(F)c(C(F)(F)F)c2F)c1.FC(F)(F)c1ccc(-c2[c-]ccs2)nc1.FC(F)(F)c1ccc2[n+](c1)Cc1c-2cc2ccc3cccc4ccc1c2c34.[Ir].[Ir]. The minimum atomic E-state index is -5.11. The van der Waals surface area contributed by atoms with Crippen LogP contribution in [0.5, 0.6) is 0 Å². The molecular formula is C46H25F11Ir2N3S-. The molecule has 0 amide bonds. The van der Waals surface area contributed by atoms with E-state index >= 15 is 0 Å². The molecule has 17 heteroatoms. The number of aryl methyl sites for hydroxylation is 1. The van der Waals surface area contributed by atoms with Crippen LogP contribution < -0.4 is 4.57 Å². The van der Waals surface area contributed by atoms with Gasteiger partial charge < -0.3 is 9.97 Å². The fourth-order valence-corrected chi connectivity index (χ4v) is 7.87. The minimum Gasteiger partial charge on any atom is -0.318 e. The van der Waals surface area contributed by atoms with Gasteiger partial charge in [0.05, 0.1) is 22.8 Å². The molecule has 10 rings (SSSR count). The van der Waals surface area contributed by atoms with Crippen molar-refractivity contribution in [2.75, 3.05) is 0 Å². The molecule has 0 N–H and O–H groups in total. The molecule has 0 atom stereocenters. The number of thiophene rings is 1. The maximum Gasteiger partial charge on any atom is 0.422 e. The van der Waals surface area contributed by atoms with E-state index in [9.17, 15) is 48.3 Å². The maximum atomic E-state index is 13.8. The van der Waals surface area contributed by atoms with Gasteiger partial charge in [-0.05, 0) is 68.8 Å². The van der Waals surface area contributed by atoms with Crippen LogP contribution >= 0.6 is 11.3 Å². The normalized spacial score (nSPS) is 12.1. The van der Waals surface area contributed by atoms with Gasteiger partial charge in [0.15, 0.2) is 12.7 Å². The summed E-state index contributed by atoms with van der Waals surface area (Å²) >= 11 is 1.39. The summed E-state index contributed by atoms with van der Waals surface area (Å²) in [7, 11) is 0. The molecule has 1 aliphatic rings. The van der Waals surface area contributed by atoms with Crippen molar-refractivity contribution in [1.29, 1.82) is 0 Å². The average molecular weight is 1250 g/mol. The van der Waals surface area contributed by atoms with Crippen molar-refractivity contribution in [3.05, 3.63) is 173 Å². The summed E-state index contributed by atoms with van der Waals surface area (Å²) in [6.45, 7) is 2.14. The van der Waals surface area contributed by atoms with E-state index in [0.29, 0.717) is 23.9 Å². The smallest absolute Gasteiger partial charge is 0.318 e. The summed E-state index contributed by atoms with van der Waals surface area (Å²) in [5, 5.41) is 8.86. The molecule has 9 aromatic rings. The molecule has 63 heavy (non-hydrogen) atoms. The molecule has 0 saturated heterocycles. The largest absolute Gasteiger partial charge is 0.422 e. The maximum absolute atomic E-state index is 13.8. The van der Waals surface area contributed by atoms with Gasteiger partial charge in [0.1, 0.15) is 5.56 Å². The van der Waals surface area contributed by atoms with Gasteiger partial charge in [0, 0.05) is 69.8 Å². The van der Waals surface area contributed by atoms with Crippen LogP contribution in [-0.2, 0) is 65.3 Å². The summed E-state index contributed by atoms with van der Waals surface area (Å²) in [5.74, 6) is -3.40. The van der Waals surface area contributed by atoms with E-state index in [4.69, 9.17) is 0 Å². The van der Waals surface area contributed by atoms with Crippen LogP contribution in [0.25, 0.3) is 65.4 Å². The summed E-state index contributed by atoms with van der Waals surface area (Å²) in [4.78, 5) is 8.25. The van der Waals surface area contributed by atoms with Gasteiger partial charge in [-0.25, -0.2) is 11.3 Å². The number of benzene rings is 5. The van der Waals surface area contributed by atoms with E-state index in [0.717, 1.165) is 44.7 Å². The van der Waals surface area contributed by atoms with Gasteiger partial charge in [0.2, 0.25) is 5.69 Å². The summed E-state index contributed by atoms with van der Waals surface area (Å²) < 4.78 is 142. The summed E-state index contributed by atoms with van der Waals surface area (Å²) in [5.41, 5.74) is 0.361. The Labute approximate surface area is 382 Å². The molecule has 0 aliphatic carbocycles. The third kappa shape index (κ3) is 9.53. The second-order valence-electron chi connectivity index (χ2n) is 13.9. The van der Waals surface area contributed by atoms with Gasteiger partial charge in [-0.15, -0.1) is 17.5 Å². The summed E-state index contributed by atoms with van der Waals surface area (Å²) in [6, 6.07) is 32.2. The van der Waals surface area contributed by atoms with E-state index in [1.807, 2.05) is 0 Å². The van der Waals surface area contributed by atoms with E-state index in [1.54, 1.807) is 35.1 Å². The first-order valence-electron chi connectivity index (χ1n) is 18.1. The van der Waals surface area contributed by atoms with Crippen LogP contribution in [0.4, 0.5) is 48.3 Å². The Bertz CT molecular complexity index is 3040. The molecule has 0 unspecified atom stereocenters. The molecule has 0 bridgehead atoms. The third-order valence-corrected chi connectivity index (χ3v) is 10.8. The van der Waals surface area contributed by atoms with Crippen molar-refractivity contribution in [2.45, 2.75) is 32.0 Å². The zero-order valence-corrected chi connectivity index (χ0v) is 37.4. The number of aromatic nitrogens is 3. The van der Waals surface area contributed by atoms with Crippen LogP contribution in [0.3, 0.4) is 0 Å².